The largest absolute Gasteiger partial charge is 0.378 e. The van der Waals surface area contributed by atoms with Crippen LogP contribution >= 0.6 is 0 Å². The first-order chi connectivity index (χ1) is 9.34. The highest BCUT2D eigenvalue weighted by molar-refractivity contribution is 7.89. The summed E-state index contributed by atoms with van der Waals surface area (Å²) in [6.07, 6.45) is 2.62. The van der Waals surface area contributed by atoms with Gasteiger partial charge >= 0.3 is 5.69 Å². The van der Waals surface area contributed by atoms with Gasteiger partial charge in [-0.15, -0.1) is 0 Å². The van der Waals surface area contributed by atoms with Gasteiger partial charge in [-0.1, -0.05) is 20.3 Å². The molecule has 1 heterocycles. The fourth-order valence-electron chi connectivity index (χ4n) is 1.66. The summed E-state index contributed by atoms with van der Waals surface area (Å²) in [6.45, 7) is 4.33. The van der Waals surface area contributed by atoms with E-state index in [1.165, 1.54) is 4.31 Å². The molecule has 2 N–H and O–H groups in total. The second-order valence-corrected chi connectivity index (χ2v) is 6.12. The lowest BCUT2D eigenvalue weighted by Crippen LogP contribution is -2.32. The van der Waals surface area contributed by atoms with Gasteiger partial charge in [0.05, 0.1) is 4.92 Å². The highest BCUT2D eigenvalue weighted by Crippen LogP contribution is 2.24. The zero-order valence-corrected chi connectivity index (χ0v) is 12.3. The fraction of sp³-hybridized carbons (Fsp3) is 0.545. The molecule has 0 saturated heterocycles. The third-order valence-electron chi connectivity index (χ3n) is 2.82. The van der Waals surface area contributed by atoms with E-state index in [0.29, 0.717) is 13.1 Å². The van der Waals surface area contributed by atoms with Gasteiger partial charge in [0, 0.05) is 25.4 Å². The van der Waals surface area contributed by atoms with Gasteiger partial charge < -0.3 is 5.73 Å². The monoisotopic (exact) mass is 302 g/mol. The third kappa shape index (κ3) is 3.42. The zero-order chi connectivity index (χ0) is 15.3. The SMILES string of the molecule is CCCCN(CC)S(=O)(=O)c1cnc(N)c([N+](=O)[O-])c1. The van der Waals surface area contributed by atoms with Gasteiger partial charge in [-0.3, -0.25) is 10.1 Å². The number of nitrogens with two attached hydrogens (primary N) is 1. The van der Waals surface area contributed by atoms with Crippen LogP contribution in [-0.2, 0) is 10.0 Å². The fourth-order valence-corrected chi connectivity index (χ4v) is 3.12. The molecule has 0 amide bonds. The van der Waals surface area contributed by atoms with Crippen LogP contribution < -0.4 is 5.73 Å². The molecule has 1 rings (SSSR count). The first-order valence-electron chi connectivity index (χ1n) is 6.24. The zero-order valence-electron chi connectivity index (χ0n) is 11.4. The summed E-state index contributed by atoms with van der Waals surface area (Å²) in [5.41, 5.74) is 4.86. The Labute approximate surface area is 117 Å². The average molecular weight is 302 g/mol. The van der Waals surface area contributed by atoms with E-state index in [1.54, 1.807) is 6.92 Å². The first-order valence-corrected chi connectivity index (χ1v) is 7.68. The minimum Gasteiger partial charge on any atom is -0.378 e. The number of nitrogen functional groups attached to an aromatic ring is 1. The number of hydrogen-bond acceptors (Lipinski definition) is 6. The van der Waals surface area contributed by atoms with Crippen molar-refractivity contribution in [3.8, 4) is 0 Å². The number of nitrogens with zero attached hydrogens (tertiary/aromatic N) is 3. The second kappa shape index (κ2) is 6.62. The summed E-state index contributed by atoms with van der Waals surface area (Å²) in [4.78, 5) is 13.4. The van der Waals surface area contributed by atoms with Crippen molar-refractivity contribution in [1.29, 1.82) is 0 Å². The molecule has 1 aromatic rings. The summed E-state index contributed by atoms with van der Waals surface area (Å²) in [5.74, 6) is -0.300. The van der Waals surface area contributed by atoms with Crippen molar-refractivity contribution in [2.75, 3.05) is 18.8 Å². The highest BCUT2D eigenvalue weighted by Gasteiger charge is 2.26. The van der Waals surface area contributed by atoms with E-state index in [1.807, 2.05) is 6.92 Å². The standard InChI is InChI=1S/C11H18N4O4S/c1-3-5-6-14(4-2)20(18,19)9-7-10(15(16)17)11(12)13-8-9/h7-8H,3-6H2,1-2H3,(H2,12,13). The predicted molar refractivity (Wildman–Crippen MR) is 74.6 cm³/mol. The number of pyridine rings is 1. The van der Waals surface area contributed by atoms with Crippen molar-refractivity contribution in [1.82, 2.24) is 9.29 Å². The molecule has 0 aliphatic heterocycles. The van der Waals surface area contributed by atoms with Crippen molar-refractivity contribution in [2.24, 2.45) is 0 Å². The van der Waals surface area contributed by atoms with Crippen LogP contribution in [0.2, 0.25) is 0 Å². The lowest BCUT2D eigenvalue weighted by atomic mass is 10.3. The minimum atomic E-state index is -3.79. The number of rotatable bonds is 7. The molecule has 0 unspecified atom stereocenters. The van der Waals surface area contributed by atoms with Gasteiger partial charge in [-0.2, -0.15) is 4.31 Å². The second-order valence-electron chi connectivity index (χ2n) is 4.18. The van der Waals surface area contributed by atoms with Crippen LogP contribution in [-0.4, -0.2) is 35.7 Å². The van der Waals surface area contributed by atoms with E-state index >= 15 is 0 Å². The summed E-state index contributed by atoms with van der Waals surface area (Å²) in [7, 11) is -3.79. The highest BCUT2D eigenvalue weighted by atomic mass is 32.2. The number of hydrogen-bond donors (Lipinski definition) is 1. The van der Waals surface area contributed by atoms with Crippen LogP contribution in [0.15, 0.2) is 17.2 Å². The molecule has 0 spiro atoms. The smallest absolute Gasteiger partial charge is 0.312 e. The molecule has 0 aliphatic carbocycles. The van der Waals surface area contributed by atoms with Crippen LogP contribution in [0.3, 0.4) is 0 Å². The van der Waals surface area contributed by atoms with E-state index in [9.17, 15) is 18.5 Å². The summed E-state index contributed by atoms with van der Waals surface area (Å²) < 4.78 is 26.0. The molecule has 1 aromatic heterocycles. The molecule has 20 heavy (non-hydrogen) atoms. The summed E-state index contributed by atoms with van der Waals surface area (Å²) >= 11 is 0. The summed E-state index contributed by atoms with van der Waals surface area (Å²) in [5, 5.41) is 10.8. The maximum absolute atomic E-state index is 12.4. The van der Waals surface area contributed by atoms with Crippen LogP contribution in [0.5, 0.6) is 0 Å². The van der Waals surface area contributed by atoms with Crippen LogP contribution in [0.1, 0.15) is 26.7 Å². The Bertz CT molecular complexity index is 588. The van der Waals surface area contributed by atoms with Crippen LogP contribution in [0, 0.1) is 10.1 Å². The minimum absolute atomic E-state index is 0.212. The maximum atomic E-state index is 12.4. The molecule has 0 saturated carbocycles. The molecule has 8 nitrogen and oxygen atoms in total. The van der Waals surface area contributed by atoms with Gasteiger partial charge in [0.1, 0.15) is 4.90 Å². The average Bonchev–Trinajstić information content (AvgIpc) is 2.39. The van der Waals surface area contributed by atoms with Crippen molar-refractivity contribution in [3.63, 3.8) is 0 Å². The molecular formula is C11H18N4O4S. The van der Waals surface area contributed by atoms with E-state index in [0.717, 1.165) is 25.1 Å². The first kappa shape index (κ1) is 16.3. The Morgan fingerprint density at radius 2 is 2.10 bits per heavy atom. The van der Waals surface area contributed by atoms with Gasteiger partial charge in [-0.25, -0.2) is 13.4 Å². The Kier molecular flexibility index (Phi) is 5.40. The normalized spacial score (nSPS) is 11.8. The molecule has 0 bridgehead atoms. The topological polar surface area (TPSA) is 119 Å². The number of sulfonamides is 1. The Morgan fingerprint density at radius 3 is 2.60 bits per heavy atom. The molecule has 112 valence electrons. The molecule has 0 fully saturated rings. The Morgan fingerprint density at radius 1 is 1.45 bits per heavy atom. The molecule has 0 aliphatic rings. The lowest BCUT2D eigenvalue weighted by Gasteiger charge is -2.19. The molecule has 0 aromatic carbocycles. The number of nitro groups is 1. The number of aromatic nitrogens is 1. The number of anilines is 1. The van der Waals surface area contributed by atoms with Gasteiger partial charge in [0.25, 0.3) is 0 Å². The molecule has 0 atom stereocenters. The van der Waals surface area contributed by atoms with Crippen molar-refractivity contribution in [3.05, 3.63) is 22.4 Å². The molecule has 0 radical (unpaired) electrons. The Balaban J connectivity index is 3.20. The van der Waals surface area contributed by atoms with Crippen molar-refractivity contribution in [2.45, 2.75) is 31.6 Å². The van der Waals surface area contributed by atoms with Crippen molar-refractivity contribution < 1.29 is 13.3 Å². The van der Waals surface area contributed by atoms with Crippen molar-refractivity contribution >= 4 is 21.5 Å². The summed E-state index contributed by atoms with van der Waals surface area (Å²) in [6, 6.07) is 0.951. The van der Waals surface area contributed by atoms with E-state index in [-0.39, 0.29) is 10.7 Å². The van der Waals surface area contributed by atoms with Gasteiger partial charge in [-0.05, 0) is 6.42 Å². The van der Waals surface area contributed by atoms with Crippen LogP contribution in [0.4, 0.5) is 11.5 Å². The third-order valence-corrected chi connectivity index (χ3v) is 4.76. The molecule has 9 heteroatoms. The number of unbranched alkanes of at least 4 members (excludes halogenated alkanes) is 1. The van der Waals surface area contributed by atoms with Crippen LogP contribution in [0.25, 0.3) is 0 Å². The van der Waals surface area contributed by atoms with E-state index in [2.05, 4.69) is 4.98 Å². The quantitative estimate of drug-likeness (QED) is 0.600. The Hall–Kier alpha value is -1.74. The molecular weight excluding hydrogens is 284 g/mol. The van der Waals surface area contributed by atoms with Gasteiger partial charge in [0.2, 0.25) is 15.8 Å². The van der Waals surface area contributed by atoms with Gasteiger partial charge in [0.15, 0.2) is 0 Å². The maximum Gasteiger partial charge on any atom is 0.312 e. The lowest BCUT2D eigenvalue weighted by molar-refractivity contribution is -0.384. The predicted octanol–water partition coefficient (Wildman–Crippen LogP) is 1.38. The van der Waals surface area contributed by atoms with E-state index < -0.39 is 20.6 Å². The van der Waals surface area contributed by atoms with E-state index in [4.69, 9.17) is 5.73 Å².